The molecule has 27 heavy (non-hydrogen) atoms. The summed E-state index contributed by atoms with van der Waals surface area (Å²) < 4.78 is 24.2. The van der Waals surface area contributed by atoms with Crippen LogP contribution in [-0.2, 0) is 4.79 Å². The van der Waals surface area contributed by atoms with Crippen LogP contribution in [0.5, 0.6) is 5.75 Å². The smallest absolute Gasteiger partial charge is 0.232 e. The Kier molecular flexibility index (Phi) is 4.58. The van der Waals surface area contributed by atoms with Crippen molar-refractivity contribution in [2.45, 2.75) is 19.3 Å². The maximum atomic E-state index is 13.4. The number of carbonyl (C=O) groups is 1. The topological polar surface area (TPSA) is 68.5 Å². The number of amides is 1. The Morgan fingerprint density at radius 1 is 1.26 bits per heavy atom. The quantitative estimate of drug-likeness (QED) is 0.686. The Balaban J connectivity index is 1.51. The molecule has 7 heteroatoms. The molecular weight excluding hydrogens is 349 g/mol. The van der Waals surface area contributed by atoms with Crippen LogP contribution in [-0.4, -0.2) is 29.2 Å². The van der Waals surface area contributed by atoms with E-state index in [9.17, 15) is 9.18 Å². The summed E-state index contributed by atoms with van der Waals surface area (Å²) in [6, 6.07) is 13.4. The van der Waals surface area contributed by atoms with Gasteiger partial charge in [-0.05, 0) is 43.3 Å². The Morgan fingerprint density at radius 2 is 2.07 bits per heavy atom. The average molecular weight is 367 g/mol. The monoisotopic (exact) mass is 367 g/mol. The molecule has 2 aromatic carbocycles. The van der Waals surface area contributed by atoms with Crippen LogP contribution in [0.1, 0.15) is 25.2 Å². The Morgan fingerprint density at radius 3 is 2.81 bits per heavy atom. The highest BCUT2D eigenvalue weighted by atomic mass is 19.1. The third kappa shape index (κ3) is 3.53. The minimum absolute atomic E-state index is 0.00494. The van der Waals surface area contributed by atoms with Gasteiger partial charge in [-0.25, -0.2) is 4.39 Å². The fourth-order valence-electron chi connectivity index (χ4n) is 3.16. The third-order valence-electron chi connectivity index (χ3n) is 4.46. The van der Waals surface area contributed by atoms with Crippen molar-refractivity contribution in [3.63, 3.8) is 0 Å². The number of anilines is 1. The fraction of sp³-hybridized carbons (Fsp3) is 0.250. The standard InChI is InChI=1S/C20H18FN3O3/c1-2-26-17-8-6-16(7-9-17)24-12-14(11-18(24)25)20-22-19(23-27-20)13-4-3-5-15(21)10-13/h3-10,14H,2,11-12H2,1H3. The Bertz CT molecular complexity index is 955. The lowest BCUT2D eigenvalue weighted by atomic mass is 10.1. The maximum Gasteiger partial charge on any atom is 0.232 e. The maximum absolute atomic E-state index is 13.4. The first kappa shape index (κ1) is 17.2. The number of rotatable bonds is 5. The SMILES string of the molecule is CCOc1ccc(N2CC(c3nc(-c4cccc(F)c4)no3)CC2=O)cc1. The average Bonchev–Trinajstić information content (AvgIpc) is 3.30. The molecule has 1 aliphatic heterocycles. The molecule has 0 bridgehead atoms. The summed E-state index contributed by atoms with van der Waals surface area (Å²) in [7, 11) is 0. The van der Waals surface area contributed by atoms with E-state index in [2.05, 4.69) is 10.1 Å². The van der Waals surface area contributed by atoms with Crippen LogP contribution >= 0.6 is 0 Å². The van der Waals surface area contributed by atoms with Crippen molar-refractivity contribution >= 4 is 11.6 Å². The van der Waals surface area contributed by atoms with Crippen molar-refractivity contribution < 1.29 is 18.4 Å². The Hall–Kier alpha value is -3.22. The van der Waals surface area contributed by atoms with Crippen molar-refractivity contribution in [1.82, 2.24) is 10.1 Å². The lowest BCUT2D eigenvalue weighted by Crippen LogP contribution is -2.24. The number of hydrogen-bond donors (Lipinski definition) is 0. The molecule has 1 saturated heterocycles. The zero-order valence-corrected chi connectivity index (χ0v) is 14.8. The molecule has 0 spiro atoms. The molecule has 1 aliphatic rings. The van der Waals surface area contributed by atoms with Gasteiger partial charge in [0.25, 0.3) is 0 Å². The van der Waals surface area contributed by atoms with E-state index in [1.165, 1.54) is 12.1 Å². The van der Waals surface area contributed by atoms with Crippen molar-refractivity contribution in [3.8, 4) is 17.1 Å². The van der Waals surface area contributed by atoms with E-state index in [0.717, 1.165) is 11.4 Å². The first-order valence-corrected chi connectivity index (χ1v) is 8.77. The lowest BCUT2D eigenvalue weighted by molar-refractivity contribution is -0.117. The fourth-order valence-corrected chi connectivity index (χ4v) is 3.16. The largest absolute Gasteiger partial charge is 0.494 e. The summed E-state index contributed by atoms with van der Waals surface area (Å²) in [6.45, 7) is 2.97. The van der Waals surface area contributed by atoms with E-state index in [0.29, 0.717) is 30.4 Å². The van der Waals surface area contributed by atoms with Gasteiger partial charge < -0.3 is 14.2 Å². The molecule has 6 nitrogen and oxygen atoms in total. The van der Waals surface area contributed by atoms with Gasteiger partial charge in [0.2, 0.25) is 17.6 Å². The van der Waals surface area contributed by atoms with E-state index in [-0.39, 0.29) is 24.1 Å². The summed E-state index contributed by atoms with van der Waals surface area (Å²) in [5.41, 5.74) is 1.34. The predicted octanol–water partition coefficient (Wildman–Crippen LogP) is 3.79. The number of benzene rings is 2. The summed E-state index contributed by atoms with van der Waals surface area (Å²) in [6.07, 6.45) is 0.290. The lowest BCUT2D eigenvalue weighted by Gasteiger charge is -2.16. The first-order valence-electron chi connectivity index (χ1n) is 8.77. The number of carbonyl (C=O) groups excluding carboxylic acids is 1. The predicted molar refractivity (Wildman–Crippen MR) is 97.0 cm³/mol. The molecule has 138 valence electrons. The summed E-state index contributed by atoms with van der Waals surface area (Å²) in [5, 5.41) is 3.93. The zero-order chi connectivity index (χ0) is 18.8. The van der Waals surface area contributed by atoms with Crippen LogP contribution in [0.2, 0.25) is 0 Å². The number of hydrogen-bond acceptors (Lipinski definition) is 5. The highest BCUT2D eigenvalue weighted by molar-refractivity contribution is 5.96. The highest BCUT2D eigenvalue weighted by Crippen LogP contribution is 2.32. The summed E-state index contributed by atoms with van der Waals surface area (Å²) in [5.74, 6) is 0.902. The van der Waals surface area contributed by atoms with Crippen LogP contribution in [0, 0.1) is 5.82 Å². The van der Waals surface area contributed by atoms with Gasteiger partial charge in [-0.1, -0.05) is 17.3 Å². The van der Waals surface area contributed by atoms with Crippen molar-refractivity contribution in [2.75, 3.05) is 18.1 Å². The van der Waals surface area contributed by atoms with Gasteiger partial charge in [-0.2, -0.15) is 4.98 Å². The molecule has 1 atom stereocenters. The second-order valence-corrected chi connectivity index (χ2v) is 6.30. The third-order valence-corrected chi connectivity index (χ3v) is 4.46. The molecule has 0 aliphatic carbocycles. The molecule has 0 radical (unpaired) electrons. The van der Waals surface area contributed by atoms with E-state index in [1.54, 1.807) is 17.0 Å². The minimum atomic E-state index is -0.364. The molecule has 1 aromatic heterocycles. The molecule has 0 saturated carbocycles. The molecule has 1 fully saturated rings. The van der Waals surface area contributed by atoms with E-state index < -0.39 is 0 Å². The molecule has 1 unspecified atom stereocenters. The van der Waals surface area contributed by atoms with Gasteiger partial charge in [0.1, 0.15) is 11.6 Å². The molecule has 0 N–H and O–H groups in total. The van der Waals surface area contributed by atoms with Gasteiger partial charge in [0, 0.05) is 24.2 Å². The molecule has 2 heterocycles. The summed E-state index contributed by atoms with van der Waals surface area (Å²) >= 11 is 0. The summed E-state index contributed by atoms with van der Waals surface area (Å²) in [4.78, 5) is 18.5. The van der Waals surface area contributed by atoms with Crippen LogP contribution in [0.4, 0.5) is 10.1 Å². The molecular formula is C20H18FN3O3. The van der Waals surface area contributed by atoms with Gasteiger partial charge in [0.15, 0.2) is 0 Å². The van der Waals surface area contributed by atoms with E-state index in [4.69, 9.17) is 9.26 Å². The van der Waals surface area contributed by atoms with Crippen molar-refractivity contribution in [2.24, 2.45) is 0 Å². The van der Waals surface area contributed by atoms with E-state index >= 15 is 0 Å². The van der Waals surface area contributed by atoms with Crippen LogP contribution in [0.15, 0.2) is 53.1 Å². The van der Waals surface area contributed by atoms with Gasteiger partial charge in [-0.15, -0.1) is 0 Å². The zero-order valence-electron chi connectivity index (χ0n) is 14.8. The van der Waals surface area contributed by atoms with Crippen LogP contribution in [0.25, 0.3) is 11.4 Å². The van der Waals surface area contributed by atoms with Gasteiger partial charge in [-0.3, -0.25) is 4.79 Å². The molecule has 3 aromatic rings. The first-order chi connectivity index (χ1) is 13.1. The normalized spacial score (nSPS) is 16.7. The molecule has 4 rings (SSSR count). The second-order valence-electron chi connectivity index (χ2n) is 6.30. The number of aromatic nitrogens is 2. The highest BCUT2D eigenvalue weighted by Gasteiger charge is 2.35. The second kappa shape index (κ2) is 7.19. The minimum Gasteiger partial charge on any atom is -0.494 e. The van der Waals surface area contributed by atoms with E-state index in [1.807, 2.05) is 31.2 Å². The van der Waals surface area contributed by atoms with Crippen LogP contribution < -0.4 is 9.64 Å². The number of ether oxygens (including phenoxy) is 1. The van der Waals surface area contributed by atoms with Gasteiger partial charge >= 0.3 is 0 Å². The van der Waals surface area contributed by atoms with Crippen molar-refractivity contribution in [3.05, 3.63) is 60.2 Å². The van der Waals surface area contributed by atoms with Crippen LogP contribution in [0.3, 0.4) is 0 Å². The number of nitrogens with zero attached hydrogens (tertiary/aromatic N) is 3. The number of halogens is 1. The molecule has 1 amide bonds. The Labute approximate surface area is 155 Å². The van der Waals surface area contributed by atoms with Crippen molar-refractivity contribution in [1.29, 1.82) is 0 Å². The van der Waals surface area contributed by atoms with Gasteiger partial charge in [0.05, 0.1) is 12.5 Å².